The van der Waals surface area contributed by atoms with Gasteiger partial charge in [-0.1, -0.05) is 0 Å². The van der Waals surface area contributed by atoms with Gasteiger partial charge >= 0.3 is 0 Å². The van der Waals surface area contributed by atoms with Crippen LogP contribution >= 0.6 is 0 Å². The summed E-state index contributed by atoms with van der Waals surface area (Å²) < 4.78 is 0. The number of nitrogens with one attached hydrogen (secondary N) is 2. The summed E-state index contributed by atoms with van der Waals surface area (Å²) >= 11 is 0. The third kappa shape index (κ3) is 3.34. The Kier molecular flexibility index (Phi) is 4.21. The summed E-state index contributed by atoms with van der Waals surface area (Å²) in [6.07, 6.45) is 7.90. The van der Waals surface area contributed by atoms with Crippen molar-refractivity contribution in [2.45, 2.75) is 0 Å². The molecule has 0 unspecified atom stereocenters. The second-order valence-electron chi connectivity index (χ2n) is 8.34. The molecule has 0 fully saturated rings. The highest BCUT2D eigenvalue weighted by Gasteiger charge is 2.15. The third-order valence-corrected chi connectivity index (χ3v) is 5.94. The molecule has 0 saturated carbocycles. The Morgan fingerprint density at radius 3 is 1.68 bits per heavy atom. The number of hydrogen-bond donors (Lipinski definition) is 6. The van der Waals surface area contributed by atoms with Crippen molar-refractivity contribution in [3.8, 4) is 11.1 Å². The Balaban J connectivity index is 1.69. The molecule has 8 heteroatoms. The fourth-order valence-corrected chi connectivity index (χ4v) is 4.22. The van der Waals surface area contributed by atoms with Crippen molar-refractivity contribution >= 4 is 69.1 Å². The van der Waals surface area contributed by atoms with Gasteiger partial charge in [0.15, 0.2) is 0 Å². The van der Waals surface area contributed by atoms with E-state index in [-0.39, 0.29) is 11.4 Å². The van der Waals surface area contributed by atoms with E-state index in [0.717, 1.165) is 50.4 Å². The molecule has 6 rings (SSSR count). The average molecular weight is 447 g/mol. The van der Waals surface area contributed by atoms with Gasteiger partial charge in [0.05, 0.1) is 45.5 Å². The van der Waals surface area contributed by atoms with Crippen LogP contribution in [0.3, 0.4) is 0 Å². The lowest BCUT2D eigenvalue weighted by Crippen LogP contribution is -2.05. The molecule has 0 radical (unpaired) electrons. The zero-order valence-electron chi connectivity index (χ0n) is 18.1. The van der Waals surface area contributed by atoms with Gasteiger partial charge in [0.25, 0.3) is 0 Å². The fraction of sp³-hybridized carbons (Fsp3) is 0. The molecule has 2 aliphatic rings. The number of anilines is 4. The molecule has 0 spiro atoms. The monoisotopic (exact) mass is 446 g/mol. The second-order valence-corrected chi connectivity index (χ2v) is 8.34. The average Bonchev–Trinajstić information content (AvgIpc) is 3.60. The van der Waals surface area contributed by atoms with Gasteiger partial charge in [0.1, 0.15) is 0 Å². The van der Waals surface area contributed by atoms with Gasteiger partial charge in [-0.3, -0.25) is 0 Å². The molecule has 0 aliphatic carbocycles. The smallest absolute Gasteiger partial charge is 0.0809 e. The Bertz CT molecular complexity index is 1700. The van der Waals surface area contributed by atoms with Crippen molar-refractivity contribution in [1.29, 1.82) is 0 Å². The predicted molar refractivity (Wildman–Crippen MR) is 142 cm³/mol. The van der Waals surface area contributed by atoms with Crippen molar-refractivity contribution in [3.05, 3.63) is 71.3 Å². The standard InChI is InChI=1S/C26H22N8/c27-22-12-21(24(28)26(30)25(22)29)20-10-19-9-17-4-3-15(32-17)7-13-1-2-14(31-13)8-16-5-6-18(33-16)11-23(20)34-19/h1-12,31,34H,27-30H2. The molecule has 166 valence electrons. The number of H-pyrrole nitrogens is 2. The summed E-state index contributed by atoms with van der Waals surface area (Å²) in [7, 11) is 0. The van der Waals surface area contributed by atoms with Crippen molar-refractivity contribution in [2.24, 2.45) is 0 Å². The van der Waals surface area contributed by atoms with Gasteiger partial charge in [0.2, 0.25) is 0 Å². The molecule has 8 nitrogen and oxygen atoms in total. The van der Waals surface area contributed by atoms with Crippen molar-refractivity contribution in [3.63, 3.8) is 0 Å². The molecule has 0 atom stereocenters. The number of fused-ring (bicyclic) bond motifs is 8. The number of hydrogen-bond acceptors (Lipinski definition) is 6. The molecule has 4 aromatic rings. The topological polar surface area (TPSA) is 161 Å². The van der Waals surface area contributed by atoms with Crippen LogP contribution in [-0.4, -0.2) is 19.9 Å². The summed E-state index contributed by atoms with van der Waals surface area (Å²) in [6.45, 7) is 0. The van der Waals surface area contributed by atoms with Gasteiger partial charge < -0.3 is 32.9 Å². The molecule has 2 aliphatic heterocycles. The molecule has 3 aromatic heterocycles. The molecule has 5 heterocycles. The van der Waals surface area contributed by atoms with Crippen molar-refractivity contribution in [1.82, 2.24) is 19.9 Å². The number of benzene rings is 1. The van der Waals surface area contributed by atoms with Crippen LogP contribution < -0.4 is 22.9 Å². The zero-order chi connectivity index (χ0) is 23.4. The Hall–Kier alpha value is -4.98. The number of nitrogens with two attached hydrogens (primary N) is 4. The van der Waals surface area contributed by atoms with Crippen LogP contribution in [-0.2, 0) is 0 Å². The summed E-state index contributed by atoms with van der Waals surface area (Å²) in [6, 6.07) is 15.7. The van der Waals surface area contributed by atoms with E-state index in [4.69, 9.17) is 32.9 Å². The normalized spacial score (nSPS) is 12.4. The summed E-state index contributed by atoms with van der Waals surface area (Å²) in [5.74, 6) is 0. The third-order valence-electron chi connectivity index (χ3n) is 5.94. The van der Waals surface area contributed by atoms with E-state index in [1.54, 1.807) is 6.07 Å². The van der Waals surface area contributed by atoms with E-state index in [1.165, 1.54) is 0 Å². The SMILES string of the molecule is Nc1cc(-c2cc3cc4nc(cc5ccc(cc6nc(cc2[nH]3)C=C6)[nH]5)C=C4)c(N)c(N)c1N. The summed E-state index contributed by atoms with van der Waals surface area (Å²) in [4.78, 5) is 16.3. The Morgan fingerprint density at radius 2 is 1.06 bits per heavy atom. The number of aromatic amines is 2. The van der Waals surface area contributed by atoms with Crippen LogP contribution in [0.15, 0.2) is 48.5 Å². The highest BCUT2D eigenvalue weighted by molar-refractivity contribution is 6.01. The molecule has 10 N–H and O–H groups in total. The highest BCUT2D eigenvalue weighted by atomic mass is 14.8. The minimum atomic E-state index is 0.275. The largest absolute Gasteiger partial charge is 0.397 e. The van der Waals surface area contributed by atoms with Gasteiger partial charge in [-0.2, -0.15) is 0 Å². The predicted octanol–water partition coefficient (Wildman–Crippen LogP) is 4.65. The molecule has 34 heavy (non-hydrogen) atoms. The fourth-order valence-electron chi connectivity index (χ4n) is 4.22. The zero-order valence-corrected chi connectivity index (χ0v) is 18.1. The van der Waals surface area contributed by atoms with Crippen molar-refractivity contribution in [2.75, 3.05) is 22.9 Å². The minimum Gasteiger partial charge on any atom is -0.397 e. The molecular weight excluding hydrogens is 424 g/mol. The molecular formula is C26H22N8. The lowest BCUT2D eigenvalue weighted by atomic mass is 10.0. The first-order chi connectivity index (χ1) is 16.4. The lowest BCUT2D eigenvalue weighted by molar-refractivity contribution is 1.31. The number of aromatic nitrogens is 4. The molecule has 1 aromatic carbocycles. The van der Waals surface area contributed by atoms with E-state index in [9.17, 15) is 0 Å². The van der Waals surface area contributed by atoms with Crippen LogP contribution in [0.5, 0.6) is 0 Å². The Labute approximate surface area is 194 Å². The number of nitrogens with zero attached hydrogens (tertiary/aromatic N) is 2. The first-order valence-electron chi connectivity index (χ1n) is 10.7. The number of nitrogen functional groups attached to an aromatic ring is 4. The van der Waals surface area contributed by atoms with E-state index < -0.39 is 0 Å². The maximum absolute atomic E-state index is 6.36. The quantitative estimate of drug-likeness (QED) is 0.201. The van der Waals surface area contributed by atoms with Crippen molar-refractivity contribution < 1.29 is 0 Å². The van der Waals surface area contributed by atoms with Gasteiger partial charge in [-0.15, -0.1) is 0 Å². The van der Waals surface area contributed by atoms with E-state index >= 15 is 0 Å². The minimum absolute atomic E-state index is 0.275. The maximum atomic E-state index is 6.36. The van der Waals surface area contributed by atoms with Gasteiger partial charge in [0, 0.05) is 33.2 Å². The highest BCUT2D eigenvalue weighted by Crippen LogP contribution is 2.40. The van der Waals surface area contributed by atoms with Gasteiger partial charge in [-0.05, 0) is 72.8 Å². The lowest BCUT2D eigenvalue weighted by Gasteiger charge is -2.12. The van der Waals surface area contributed by atoms with Crippen LogP contribution in [0.2, 0.25) is 0 Å². The van der Waals surface area contributed by atoms with E-state index in [0.29, 0.717) is 16.9 Å². The summed E-state index contributed by atoms with van der Waals surface area (Å²) in [5.41, 5.74) is 34.4. The van der Waals surface area contributed by atoms with Gasteiger partial charge in [-0.25, -0.2) is 9.97 Å². The van der Waals surface area contributed by atoms with Crippen LogP contribution in [0.25, 0.3) is 57.5 Å². The van der Waals surface area contributed by atoms with Crippen LogP contribution in [0, 0.1) is 0 Å². The second kappa shape index (κ2) is 7.28. The summed E-state index contributed by atoms with van der Waals surface area (Å²) in [5, 5.41) is 0. The maximum Gasteiger partial charge on any atom is 0.0809 e. The first kappa shape index (κ1) is 19.7. The van der Waals surface area contributed by atoms with E-state index in [1.807, 2.05) is 66.8 Å². The van der Waals surface area contributed by atoms with Crippen LogP contribution in [0.4, 0.5) is 22.7 Å². The molecule has 8 bridgehead atoms. The Morgan fingerprint density at radius 1 is 0.500 bits per heavy atom. The first-order valence-corrected chi connectivity index (χ1v) is 10.7. The van der Waals surface area contributed by atoms with Crippen LogP contribution in [0.1, 0.15) is 22.8 Å². The van der Waals surface area contributed by atoms with E-state index in [2.05, 4.69) is 9.97 Å². The number of rotatable bonds is 1. The molecule has 0 saturated heterocycles. The molecule has 0 amide bonds.